The van der Waals surface area contributed by atoms with E-state index in [1.807, 2.05) is 0 Å². The van der Waals surface area contributed by atoms with E-state index in [-0.39, 0.29) is 11.7 Å². The fourth-order valence-corrected chi connectivity index (χ4v) is 2.64. The number of likely N-dealkylation sites (tertiary alicyclic amines) is 1. The standard InChI is InChI=1S/C14H19BrN2O2/c1-17-6-4-10(5-7-17)9-16-14(19)12-3-2-11(15)8-13(12)18/h2-3,8,10,18H,4-7,9H2,1H3,(H,16,19). The van der Waals surface area contributed by atoms with Crippen molar-refractivity contribution in [1.29, 1.82) is 0 Å². The molecule has 5 heteroatoms. The third-order valence-electron chi connectivity index (χ3n) is 3.59. The molecule has 0 unspecified atom stereocenters. The second kappa shape index (κ2) is 6.39. The molecule has 2 rings (SSSR count). The Morgan fingerprint density at radius 2 is 2.16 bits per heavy atom. The van der Waals surface area contributed by atoms with Gasteiger partial charge < -0.3 is 15.3 Å². The minimum absolute atomic E-state index is 0.00949. The fraction of sp³-hybridized carbons (Fsp3) is 0.500. The van der Waals surface area contributed by atoms with Crippen LogP contribution in [0.4, 0.5) is 0 Å². The molecule has 104 valence electrons. The van der Waals surface area contributed by atoms with Crippen LogP contribution in [0.3, 0.4) is 0 Å². The van der Waals surface area contributed by atoms with Gasteiger partial charge in [0, 0.05) is 11.0 Å². The second-order valence-corrected chi connectivity index (χ2v) is 6.03. The van der Waals surface area contributed by atoms with E-state index in [9.17, 15) is 9.90 Å². The summed E-state index contributed by atoms with van der Waals surface area (Å²) in [5, 5.41) is 12.6. The van der Waals surface area contributed by atoms with E-state index in [0.29, 0.717) is 18.0 Å². The smallest absolute Gasteiger partial charge is 0.255 e. The van der Waals surface area contributed by atoms with Gasteiger partial charge in [0.25, 0.3) is 5.91 Å². The molecule has 0 aliphatic carbocycles. The highest BCUT2D eigenvalue weighted by molar-refractivity contribution is 9.10. The Kier molecular flexibility index (Phi) is 4.82. The number of amides is 1. The Morgan fingerprint density at radius 1 is 1.47 bits per heavy atom. The van der Waals surface area contributed by atoms with Crippen LogP contribution in [-0.2, 0) is 0 Å². The molecule has 1 heterocycles. The maximum atomic E-state index is 12.0. The molecule has 19 heavy (non-hydrogen) atoms. The maximum Gasteiger partial charge on any atom is 0.255 e. The number of rotatable bonds is 3. The lowest BCUT2D eigenvalue weighted by Crippen LogP contribution is -2.36. The minimum Gasteiger partial charge on any atom is -0.507 e. The Balaban J connectivity index is 1.87. The Morgan fingerprint density at radius 3 is 2.79 bits per heavy atom. The number of phenolic OH excluding ortho intramolecular Hbond substituents is 1. The van der Waals surface area contributed by atoms with E-state index in [2.05, 4.69) is 33.2 Å². The summed E-state index contributed by atoms with van der Waals surface area (Å²) >= 11 is 3.26. The third-order valence-corrected chi connectivity index (χ3v) is 4.09. The van der Waals surface area contributed by atoms with Crippen molar-refractivity contribution in [2.75, 3.05) is 26.7 Å². The molecule has 1 saturated heterocycles. The number of carbonyl (C=O) groups excluding carboxylic acids is 1. The lowest BCUT2D eigenvalue weighted by molar-refractivity contribution is 0.0936. The summed E-state index contributed by atoms with van der Waals surface area (Å²) in [6.45, 7) is 2.86. The molecule has 0 bridgehead atoms. The van der Waals surface area contributed by atoms with Crippen LogP contribution in [0, 0.1) is 5.92 Å². The highest BCUT2D eigenvalue weighted by atomic mass is 79.9. The Labute approximate surface area is 121 Å². The first-order valence-corrected chi connectivity index (χ1v) is 7.31. The summed E-state index contributed by atoms with van der Waals surface area (Å²) in [7, 11) is 2.12. The molecule has 1 aliphatic rings. The van der Waals surface area contributed by atoms with Gasteiger partial charge in [-0.3, -0.25) is 4.79 Å². The number of nitrogens with one attached hydrogen (secondary N) is 1. The van der Waals surface area contributed by atoms with Crippen molar-refractivity contribution >= 4 is 21.8 Å². The Bertz CT molecular complexity index is 457. The lowest BCUT2D eigenvalue weighted by Gasteiger charge is -2.28. The van der Waals surface area contributed by atoms with Crippen molar-refractivity contribution in [3.63, 3.8) is 0 Å². The second-order valence-electron chi connectivity index (χ2n) is 5.12. The van der Waals surface area contributed by atoms with Gasteiger partial charge >= 0.3 is 0 Å². The van der Waals surface area contributed by atoms with E-state index in [4.69, 9.17) is 0 Å². The van der Waals surface area contributed by atoms with Crippen molar-refractivity contribution in [3.8, 4) is 5.75 Å². The number of hydrogen-bond donors (Lipinski definition) is 2. The average molecular weight is 327 g/mol. The first-order chi connectivity index (χ1) is 9.06. The van der Waals surface area contributed by atoms with E-state index < -0.39 is 0 Å². The number of phenols is 1. The molecule has 1 aromatic carbocycles. The summed E-state index contributed by atoms with van der Waals surface area (Å²) in [6, 6.07) is 4.91. The molecule has 0 radical (unpaired) electrons. The zero-order valence-electron chi connectivity index (χ0n) is 11.0. The summed E-state index contributed by atoms with van der Waals surface area (Å²) < 4.78 is 0.761. The van der Waals surface area contributed by atoms with E-state index >= 15 is 0 Å². The summed E-state index contributed by atoms with van der Waals surface area (Å²) in [4.78, 5) is 14.3. The molecular weight excluding hydrogens is 308 g/mol. The van der Waals surface area contributed by atoms with Gasteiger partial charge in [-0.1, -0.05) is 15.9 Å². The maximum absolute atomic E-state index is 12.0. The van der Waals surface area contributed by atoms with Crippen molar-refractivity contribution in [1.82, 2.24) is 10.2 Å². The van der Waals surface area contributed by atoms with Gasteiger partial charge in [0.2, 0.25) is 0 Å². The average Bonchev–Trinajstić information content (AvgIpc) is 2.37. The van der Waals surface area contributed by atoms with Crippen molar-refractivity contribution < 1.29 is 9.90 Å². The van der Waals surface area contributed by atoms with Gasteiger partial charge in [-0.15, -0.1) is 0 Å². The molecule has 1 aromatic rings. The predicted molar refractivity (Wildman–Crippen MR) is 78.4 cm³/mol. The third kappa shape index (κ3) is 3.94. The van der Waals surface area contributed by atoms with Crippen LogP contribution in [0.1, 0.15) is 23.2 Å². The van der Waals surface area contributed by atoms with E-state index in [0.717, 1.165) is 30.4 Å². The summed E-state index contributed by atoms with van der Waals surface area (Å²) in [6.07, 6.45) is 2.23. The van der Waals surface area contributed by atoms with Gasteiger partial charge in [-0.05, 0) is 57.1 Å². The number of benzene rings is 1. The van der Waals surface area contributed by atoms with Crippen LogP contribution in [0.15, 0.2) is 22.7 Å². The minimum atomic E-state index is -0.205. The zero-order chi connectivity index (χ0) is 13.8. The molecule has 0 saturated carbocycles. The molecule has 0 atom stereocenters. The lowest BCUT2D eigenvalue weighted by atomic mass is 9.97. The van der Waals surface area contributed by atoms with Gasteiger partial charge in [-0.2, -0.15) is 0 Å². The normalized spacial score (nSPS) is 17.4. The van der Waals surface area contributed by atoms with Gasteiger partial charge in [-0.25, -0.2) is 0 Å². The topological polar surface area (TPSA) is 52.6 Å². The van der Waals surface area contributed by atoms with Crippen molar-refractivity contribution in [2.45, 2.75) is 12.8 Å². The summed E-state index contributed by atoms with van der Waals surface area (Å²) in [5.74, 6) is 0.344. The molecule has 0 aromatic heterocycles. The number of piperidine rings is 1. The zero-order valence-corrected chi connectivity index (χ0v) is 12.6. The number of halogens is 1. The number of nitrogens with zero attached hydrogens (tertiary/aromatic N) is 1. The van der Waals surface area contributed by atoms with Crippen LogP contribution in [0.25, 0.3) is 0 Å². The molecule has 1 aliphatic heterocycles. The summed E-state index contributed by atoms with van der Waals surface area (Å²) in [5.41, 5.74) is 0.330. The molecule has 4 nitrogen and oxygen atoms in total. The van der Waals surface area contributed by atoms with E-state index in [1.165, 1.54) is 6.07 Å². The highest BCUT2D eigenvalue weighted by Gasteiger charge is 2.18. The first-order valence-electron chi connectivity index (χ1n) is 6.51. The number of hydrogen-bond acceptors (Lipinski definition) is 3. The van der Waals surface area contributed by atoms with Gasteiger partial charge in [0.05, 0.1) is 5.56 Å². The van der Waals surface area contributed by atoms with Gasteiger partial charge in [0.1, 0.15) is 5.75 Å². The van der Waals surface area contributed by atoms with Crippen LogP contribution < -0.4 is 5.32 Å². The molecular formula is C14H19BrN2O2. The highest BCUT2D eigenvalue weighted by Crippen LogP contribution is 2.22. The largest absolute Gasteiger partial charge is 0.507 e. The molecule has 0 spiro atoms. The first kappa shape index (κ1) is 14.3. The van der Waals surface area contributed by atoms with Crippen molar-refractivity contribution in [3.05, 3.63) is 28.2 Å². The van der Waals surface area contributed by atoms with E-state index in [1.54, 1.807) is 12.1 Å². The molecule has 2 N–H and O–H groups in total. The number of aromatic hydroxyl groups is 1. The molecule has 1 fully saturated rings. The Hall–Kier alpha value is -1.07. The number of carbonyl (C=O) groups is 1. The fourth-order valence-electron chi connectivity index (χ4n) is 2.30. The monoisotopic (exact) mass is 326 g/mol. The van der Waals surface area contributed by atoms with Crippen molar-refractivity contribution in [2.24, 2.45) is 5.92 Å². The van der Waals surface area contributed by atoms with Crippen LogP contribution in [-0.4, -0.2) is 42.6 Å². The predicted octanol–water partition coefficient (Wildman–Crippen LogP) is 2.23. The van der Waals surface area contributed by atoms with Crippen LogP contribution in [0.2, 0.25) is 0 Å². The van der Waals surface area contributed by atoms with Crippen LogP contribution in [0.5, 0.6) is 5.75 Å². The molecule has 1 amide bonds. The SMILES string of the molecule is CN1CCC(CNC(=O)c2ccc(Br)cc2O)CC1. The quantitative estimate of drug-likeness (QED) is 0.895. The van der Waals surface area contributed by atoms with Gasteiger partial charge in [0.15, 0.2) is 0 Å². The van der Waals surface area contributed by atoms with Crippen LogP contribution >= 0.6 is 15.9 Å².